The van der Waals surface area contributed by atoms with Gasteiger partial charge in [-0.25, -0.2) is 4.79 Å². The minimum Gasteiger partial charge on any atom is -0.480 e. The first kappa shape index (κ1) is 24.7. The van der Waals surface area contributed by atoms with E-state index in [9.17, 15) is 27.9 Å². The monoisotopic (exact) mass is 490 g/mol. The number of pyridine rings is 1. The van der Waals surface area contributed by atoms with Crippen molar-refractivity contribution in [3.63, 3.8) is 0 Å². The Bertz CT molecular complexity index is 1370. The van der Waals surface area contributed by atoms with Crippen molar-refractivity contribution in [2.75, 3.05) is 0 Å². The molecule has 8 heteroatoms. The lowest BCUT2D eigenvalue weighted by atomic mass is 10.0. The van der Waals surface area contributed by atoms with Gasteiger partial charge < -0.3 is 10.4 Å². The number of carboxylic acids is 1. The third kappa shape index (κ3) is 5.96. The number of alkyl halides is 3. The molecule has 1 atom stereocenters. The van der Waals surface area contributed by atoms with E-state index in [2.05, 4.69) is 10.3 Å². The van der Waals surface area contributed by atoms with Crippen LogP contribution in [-0.4, -0.2) is 28.0 Å². The van der Waals surface area contributed by atoms with Gasteiger partial charge in [-0.05, 0) is 52.1 Å². The molecule has 4 rings (SSSR count). The third-order valence-electron chi connectivity index (χ3n) is 5.62. The van der Waals surface area contributed by atoms with Gasteiger partial charge in [-0.15, -0.1) is 0 Å². The van der Waals surface area contributed by atoms with Crippen molar-refractivity contribution < 1.29 is 27.9 Å². The Morgan fingerprint density at radius 1 is 0.806 bits per heavy atom. The van der Waals surface area contributed by atoms with E-state index in [0.29, 0.717) is 11.1 Å². The number of carboxylic acid groups (broad SMARTS) is 1. The predicted molar refractivity (Wildman–Crippen MR) is 129 cm³/mol. The molecule has 0 aliphatic heterocycles. The lowest BCUT2D eigenvalue weighted by Crippen LogP contribution is -2.42. The minimum atomic E-state index is -4.50. The summed E-state index contributed by atoms with van der Waals surface area (Å²) in [5, 5.41) is 12.1. The summed E-state index contributed by atoms with van der Waals surface area (Å²) in [6.45, 7) is 0. The number of carbonyl (C=O) groups excluding carboxylic acids is 1. The van der Waals surface area contributed by atoms with Crippen LogP contribution in [0.2, 0.25) is 0 Å². The second kappa shape index (κ2) is 10.4. The summed E-state index contributed by atoms with van der Waals surface area (Å²) >= 11 is 0. The van der Waals surface area contributed by atoms with E-state index < -0.39 is 29.7 Å². The van der Waals surface area contributed by atoms with Gasteiger partial charge in [0.25, 0.3) is 5.91 Å². The van der Waals surface area contributed by atoms with Crippen molar-refractivity contribution >= 4 is 11.9 Å². The summed E-state index contributed by atoms with van der Waals surface area (Å²) in [6, 6.07) is 23.4. The maximum Gasteiger partial charge on any atom is 0.416 e. The Hall–Kier alpha value is -4.46. The van der Waals surface area contributed by atoms with Gasteiger partial charge >= 0.3 is 12.1 Å². The molecular weight excluding hydrogens is 469 g/mol. The first-order valence-corrected chi connectivity index (χ1v) is 11.0. The molecule has 1 aromatic heterocycles. The standard InChI is InChI=1S/C28H21F3N2O3/c29-28(30,31)23-8-4-7-21(16-23)22-13-14-32-24(17-22)26(34)33-25(27(35)36)15-18-9-11-20(12-10-18)19-5-2-1-3-6-19/h1-14,16-17,25H,15H2,(H,33,34)(H,35,36)/t25-/m0/s1. The summed E-state index contributed by atoms with van der Waals surface area (Å²) < 4.78 is 39.2. The first-order chi connectivity index (χ1) is 17.2. The molecule has 0 bridgehead atoms. The van der Waals surface area contributed by atoms with Crippen LogP contribution in [0.15, 0.2) is 97.2 Å². The molecule has 0 radical (unpaired) electrons. The molecule has 3 aromatic carbocycles. The summed E-state index contributed by atoms with van der Waals surface area (Å²) in [4.78, 5) is 28.6. The zero-order valence-electron chi connectivity index (χ0n) is 18.9. The van der Waals surface area contributed by atoms with E-state index in [1.807, 2.05) is 42.5 Å². The lowest BCUT2D eigenvalue weighted by Gasteiger charge is -2.15. The highest BCUT2D eigenvalue weighted by Gasteiger charge is 2.30. The smallest absolute Gasteiger partial charge is 0.416 e. The van der Waals surface area contributed by atoms with Crippen LogP contribution in [0.25, 0.3) is 22.3 Å². The van der Waals surface area contributed by atoms with Crippen LogP contribution in [0.1, 0.15) is 21.6 Å². The van der Waals surface area contributed by atoms with E-state index in [4.69, 9.17) is 0 Å². The minimum absolute atomic E-state index is 0.0451. The number of hydrogen-bond donors (Lipinski definition) is 2. The Morgan fingerprint density at radius 3 is 2.11 bits per heavy atom. The van der Waals surface area contributed by atoms with Gasteiger partial charge in [-0.2, -0.15) is 13.2 Å². The first-order valence-electron chi connectivity index (χ1n) is 11.0. The number of hydrogen-bond acceptors (Lipinski definition) is 3. The molecule has 0 saturated carbocycles. The highest BCUT2D eigenvalue weighted by atomic mass is 19.4. The van der Waals surface area contributed by atoms with Crippen LogP contribution >= 0.6 is 0 Å². The topological polar surface area (TPSA) is 79.3 Å². The molecule has 0 aliphatic rings. The third-order valence-corrected chi connectivity index (χ3v) is 5.62. The summed E-state index contributed by atoms with van der Waals surface area (Å²) in [7, 11) is 0. The Balaban J connectivity index is 1.49. The molecule has 0 aliphatic carbocycles. The number of nitrogens with zero attached hydrogens (tertiary/aromatic N) is 1. The molecule has 0 saturated heterocycles. The van der Waals surface area contributed by atoms with Gasteiger partial charge in [-0.3, -0.25) is 9.78 Å². The average Bonchev–Trinajstić information content (AvgIpc) is 2.89. The van der Waals surface area contributed by atoms with Gasteiger partial charge in [0.2, 0.25) is 0 Å². The van der Waals surface area contributed by atoms with Crippen LogP contribution in [0.5, 0.6) is 0 Å². The van der Waals surface area contributed by atoms with E-state index in [0.717, 1.165) is 23.3 Å². The van der Waals surface area contributed by atoms with E-state index in [1.165, 1.54) is 30.5 Å². The van der Waals surface area contributed by atoms with Crippen molar-refractivity contribution in [1.29, 1.82) is 0 Å². The van der Waals surface area contributed by atoms with Crippen LogP contribution in [-0.2, 0) is 17.4 Å². The fourth-order valence-corrected chi connectivity index (χ4v) is 3.74. The molecule has 36 heavy (non-hydrogen) atoms. The molecule has 4 aromatic rings. The van der Waals surface area contributed by atoms with Gasteiger partial charge in [0.1, 0.15) is 11.7 Å². The molecule has 1 amide bonds. The Labute approximate surface area is 205 Å². The summed E-state index contributed by atoms with van der Waals surface area (Å²) in [6.07, 6.45) is -3.16. The van der Waals surface area contributed by atoms with Crippen molar-refractivity contribution in [3.05, 3.63) is 114 Å². The number of rotatable bonds is 7. The molecule has 2 N–H and O–H groups in total. The fourth-order valence-electron chi connectivity index (χ4n) is 3.74. The van der Waals surface area contributed by atoms with Gasteiger partial charge in [0, 0.05) is 12.6 Å². The van der Waals surface area contributed by atoms with Gasteiger partial charge in [-0.1, -0.05) is 66.7 Å². The molecular formula is C28H21F3N2O3. The quantitative estimate of drug-likeness (QED) is 0.340. The largest absolute Gasteiger partial charge is 0.480 e. The van der Waals surface area contributed by atoms with E-state index in [-0.39, 0.29) is 17.7 Å². The zero-order chi connectivity index (χ0) is 25.7. The number of halogens is 3. The highest BCUT2D eigenvalue weighted by Crippen LogP contribution is 2.32. The molecule has 182 valence electrons. The van der Waals surface area contributed by atoms with E-state index in [1.54, 1.807) is 12.1 Å². The Morgan fingerprint density at radius 2 is 1.44 bits per heavy atom. The second-order valence-corrected chi connectivity index (χ2v) is 8.14. The summed E-state index contributed by atoms with van der Waals surface area (Å²) in [5.41, 5.74) is 2.42. The number of benzene rings is 3. The fraction of sp³-hybridized carbons (Fsp3) is 0.107. The number of carbonyl (C=O) groups is 2. The van der Waals surface area contributed by atoms with Crippen molar-refractivity contribution in [3.8, 4) is 22.3 Å². The van der Waals surface area contributed by atoms with Crippen molar-refractivity contribution in [2.24, 2.45) is 0 Å². The van der Waals surface area contributed by atoms with Crippen LogP contribution in [0, 0.1) is 0 Å². The SMILES string of the molecule is O=C(N[C@@H](Cc1ccc(-c2ccccc2)cc1)C(=O)O)c1cc(-c2cccc(C(F)(F)F)c2)ccn1. The Kier molecular flexibility index (Phi) is 7.15. The zero-order valence-corrected chi connectivity index (χ0v) is 18.9. The normalized spacial score (nSPS) is 12.1. The van der Waals surface area contributed by atoms with Crippen LogP contribution < -0.4 is 5.32 Å². The highest BCUT2D eigenvalue weighted by molar-refractivity contribution is 5.96. The summed E-state index contributed by atoms with van der Waals surface area (Å²) in [5.74, 6) is -1.96. The molecule has 5 nitrogen and oxygen atoms in total. The van der Waals surface area contributed by atoms with Gasteiger partial charge in [0.15, 0.2) is 0 Å². The average molecular weight is 490 g/mol. The maximum absolute atomic E-state index is 13.1. The van der Waals surface area contributed by atoms with Crippen LogP contribution in [0.4, 0.5) is 13.2 Å². The van der Waals surface area contributed by atoms with Gasteiger partial charge in [0.05, 0.1) is 5.56 Å². The van der Waals surface area contributed by atoms with E-state index >= 15 is 0 Å². The number of nitrogens with one attached hydrogen (secondary N) is 1. The van der Waals surface area contributed by atoms with Crippen molar-refractivity contribution in [1.82, 2.24) is 10.3 Å². The number of aliphatic carboxylic acids is 1. The van der Waals surface area contributed by atoms with Crippen molar-refractivity contribution in [2.45, 2.75) is 18.6 Å². The van der Waals surface area contributed by atoms with Crippen LogP contribution in [0.3, 0.4) is 0 Å². The lowest BCUT2D eigenvalue weighted by molar-refractivity contribution is -0.139. The molecule has 1 heterocycles. The maximum atomic E-state index is 13.1. The second-order valence-electron chi connectivity index (χ2n) is 8.14. The molecule has 0 spiro atoms. The number of aromatic nitrogens is 1. The molecule has 0 unspecified atom stereocenters. The molecule has 0 fully saturated rings. The number of amides is 1. The predicted octanol–water partition coefficient (Wildman–Crippen LogP) is 5.86.